The Labute approximate surface area is 78.9 Å². The maximum absolute atomic E-state index is 5.53. The summed E-state index contributed by atoms with van der Waals surface area (Å²) in [6.07, 6.45) is 0.910. The molecule has 3 nitrogen and oxygen atoms in total. The van der Waals surface area contributed by atoms with Gasteiger partial charge in [0.1, 0.15) is 0 Å². The molecule has 0 bridgehead atoms. The van der Waals surface area contributed by atoms with Gasteiger partial charge in [0.2, 0.25) is 5.88 Å². The summed E-state index contributed by atoms with van der Waals surface area (Å²) in [7, 11) is 1.62. The maximum atomic E-state index is 5.53. The molecular weight excluding hydrogens is 164 g/mol. The quantitative estimate of drug-likeness (QED) is 0.758. The molecule has 0 spiro atoms. The van der Waals surface area contributed by atoms with E-state index in [-0.39, 0.29) is 0 Å². The Balaban J connectivity index is 2.66. The molecule has 0 saturated carbocycles. The van der Waals surface area contributed by atoms with Crippen LogP contribution in [0.5, 0.6) is 5.88 Å². The minimum absolute atomic E-state index is 0.472. The minimum atomic E-state index is 0.472. The number of ether oxygens (including phenoxy) is 1. The maximum Gasteiger partial charge on any atom is 0.213 e. The van der Waals surface area contributed by atoms with E-state index < -0.39 is 0 Å². The molecule has 0 aliphatic carbocycles. The van der Waals surface area contributed by atoms with Crippen LogP contribution in [-0.2, 0) is 6.42 Å². The van der Waals surface area contributed by atoms with E-state index in [9.17, 15) is 0 Å². The van der Waals surface area contributed by atoms with Gasteiger partial charge in [0.05, 0.1) is 7.11 Å². The normalized spacial score (nSPS) is 12.5. The third kappa shape index (κ3) is 3.03. The molecule has 1 unspecified atom stereocenters. The number of nitrogens with two attached hydrogens (primary N) is 1. The fourth-order valence-electron chi connectivity index (χ4n) is 1.13. The van der Waals surface area contributed by atoms with Crippen LogP contribution in [-0.4, -0.2) is 18.6 Å². The lowest BCUT2D eigenvalue weighted by Gasteiger charge is -2.07. The van der Waals surface area contributed by atoms with E-state index in [1.165, 1.54) is 0 Å². The Morgan fingerprint density at radius 1 is 1.54 bits per heavy atom. The SMILES string of the molecule is COc1cccc(CC(C)CN)n1. The number of hydrogen-bond acceptors (Lipinski definition) is 3. The fraction of sp³-hybridized carbons (Fsp3) is 0.500. The summed E-state index contributed by atoms with van der Waals surface area (Å²) < 4.78 is 5.03. The Hall–Kier alpha value is -1.09. The van der Waals surface area contributed by atoms with Gasteiger partial charge in [-0.1, -0.05) is 13.0 Å². The van der Waals surface area contributed by atoms with Gasteiger partial charge in [-0.15, -0.1) is 0 Å². The Bertz CT molecular complexity index is 263. The smallest absolute Gasteiger partial charge is 0.213 e. The lowest BCUT2D eigenvalue weighted by Crippen LogP contribution is -2.13. The van der Waals surface area contributed by atoms with Gasteiger partial charge < -0.3 is 10.5 Å². The molecule has 0 fully saturated rings. The van der Waals surface area contributed by atoms with Gasteiger partial charge in [-0.05, 0) is 24.9 Å². The van der Waals surface area contributed by atoms with Gasteiger partial charge >= 0.3 is 0 Å². The van der Waals surface area contributed by atoms with Crippen molar-refractivity contribution < 1.29 is 4.74 Å². The first kappa shape index (κ1) is 9.99. The number of rotatable bonds is 4. The Morgan fingerprint density at radius 2 is 2.31 bits per heavy atom. The summed E-state index contributed by atoms with van der Waals surface area (Å²) in [5, 5.41) is 0. The standard InChI is InChI=1S/C10H16N2O/c1-8(7-11)6-9-4-3-5-10(12-9)13-2/h3-5,8H,6-7,11H2,1-2H3. The summed E-state index contributed by atoms with van der Waals surface area (Å²) in [4.78, 5) is 4.30. The van der Waals surface area contributed by atoms with Crippen molar-refractivity contribution in [2.24, 2.45) is 11.7 Å². The molecule has 2 N–H and O–H groups in total. The van der Waals surface area contributed by atoms with Gasteiger partial charge in [0.25, 0.3) is 0 Å². The molecule has 0 radical (unpaired) electrons. The van der Waals surface area contributed by atoms with Gasteiger partial charge in [-0.3, -0.25) is 0 Å². The van der Waals surface area contributed by atoms with Gasteiger partial charge in [0.15, 0.2) is 0 Å². The van der Waals surface area contributed by atoms with Gasteiger partial charge in [-0.2, -0.15) is 0 Å². The molecule has 3 heteroatoms. The molecule has 0 aliphatic heterocycles. The third-order valence-corrected chi connectivity index (χ3v) is 1.95. The zero-order valence-electron chi connectivity index (χ0n) is 8.16. The number of methoxy groups -OCH3 is 1. The second kappa shape index (κ2) is 4.82. The number of nitrogens with zero attached hydrogens (tertiary/aromatic N) is 1. The average molecular weight is 180 g/mol. The monoisotopic (exact) mass is 180 g/mol. The summed E-state index contributed by atoms with van der Waals surface area (Å²) >= 11 is 0. The van der Waals surface area contributed by atoms with Gasteiger partial charge in [0, 0.05) is 11.8 Å². The largest absolute Gasteiger partial charge is 0.481 e. The first-order valence-corrected chi connectivity index (χ1v) is 4.46. The summed E-state index contributed by atoms with van der Waals surface area (Å²) in [5.41, 5.74) is 6.57. The first-order valence-electron chi connectivity index (χ1n) is 4.46. The van der Waals surface area contributed by atoms with Crippen molar-refractivity contribution in [2.75, 3.05) is 13.7 Å². The molecule has 0 saturated heterocycles. The van der Waals surface area contributed by atoms with E-state index in [2.05, 4.69) is 11.9 Å². The van der Waals surface area contributed by atoms with Crippen LogP contribution in [0.4, 0.5) is 0 Å². The predicted molar refractivity (Wildman–Crippen MR) is 52.7 cm³/mol. The van der Waals surface area contributed by atoms with E-state index in [1.54, 1.807) is 7.11 Å². The van der Waals surface area contributed by atoms with Crippen molar-refractivity contribution in [1.82, 2.24) is 4.98 Å². The molecule has 1 rings (SSSR count). The third-order valence-electron chi connectivity index (χ3n) is 1.95. The highest BCUT2D eigenvalue weighted by atomic mass is 16.5. The van der Waals surface area contributed by atoms with E-state index in [4.69, 9.17) is 10.5 Å². The molecular formula is C10H16N2O. The van der Waals surface area contributed by atoms with E-state index in [0.717, 1.165) is 12.1 Å². The molecule has 1 heterocycles. The van der Waals surface area contributed by atoms with Crippen LogP contribution in [0.15, 0.2) is 18.2 Å². The second-order valence-electron chi connectivity index (χ2n) is 3.22. The van der Waals surface area contributed by atoms with Crippen LogP contribution < -0.4 is 10.5 Å². The molecule has 72 valence electrons. The van der Waals surface area contributed by atoms with Crippen molar-refractivity contribution in [2.45, 2.75) is 13.3 Å². The molecule has 1 atom stereocenters. The molecule has 13 heavy (non-hydrogen) atoms. The van der Waals surface area contributed by atoms with Crippen LogP contribution >= 0.6 is 0 Å². The zero-order valence-corrected chi connectivity index (χ0v) is 8.16. The van der Waals surface area contributed by atoms with Crippen molar-refractivity contribution in [3.8, 4) is 5.88 Å². The number of pyridine rings is 1. The lowest BCUT2D eigenvalue weighted by molar-refractivity contribution is 0.395. The van der Waals surface area contributed by atoms with E-state index in [0.29, 0.717) is 18.3 Å². The van der Waals surface area contributed by atoms with Crippen molar-refractivity contribution in [3.63, 3.8) is 0 Å². The Kier molecular flexibility index (Phi) is 3.71. The second-order valence-corrected chi connectivity index (χ2v) is 3.22. The lowest BCUT2D eigenvalue weighted by atomic mass is 10.1. The van der Waals surface area contributed by atoms with Crippen LogP contribution in [0.2, 0.25) is 0 Å². The highest BCUT2D eigenvalue weighted by Gasteiger charge is 2.03. The van der Waals surface area contributed by atoms with Crippen LogP contribution in [0, 0.1) is 5.92 Å². The molecule has 0 amide bonds. The van der Waals surface area contributed by atoms with Crippen molar-refractivity contribution in [3.05, 3.63) is 23.9 Å². The molecule has 1 aromatic rings. The van der Waals surface area contributed by atoms with E-state index >= 15 is 0 Å². The average Bonchev–Trinajstić information content (AvgIpc) is 2.18. The minimum Gasteiger partial charge on any atom is -0.481 e. The summed E-state index contributed by atoms with van der Waals surface area (Å²) in [5.74, 6) is 1.14. The van der Waals surface area contributed by atoms with Crippen LogP contribution in [0.1, 0.15) is 12.6 Å². The zero-order chi connectivity index (χ0) is 9.68. The van der Waals surface area contributed by atoms with Crippen LogP contribution in [0.25, 0.3) is 0 Å². The predicted octanol–water partition coefficient (Wildman–Crippen LogP) is 1.23. The Morgan fingerprint density at radius 3 is 2.92 bits per heavy atom. The highest BCUT2D eigenvalue weighted by molar-refractivity contribution is 5.15. The van der Waals surface area contributed by atoms with Gasteiger partial charge in [-0.25, -0.2) is 4.98 Å². The van der Waals surface area contributed by atoms with Crippen molar-refractivity contribution >= 4 is 0 Å². The van der Waals surface area contributed by atoms with Crippen LogP contribution in [0.3, 0.4) is 0 Å². The van der Waals surface area contributed by atoms with E-state index in [1.807, 2.05) is 18.2 Å². The summed E-state index contributed by atoms with van der Waals surface area (Å²) in [6.45, 7) is 2.81. The summed E-state index contributed by atoms with van der Waals surface area (Å²) in [6, 6.07) is 5.79. The molecule has 0 aliphatic rings. The fourth-order valence-corrected chi connectivity index (χ4v) is 1.13. The highest BCUT2D eigenvalue weighted by Crippen LogP contribution is 2.10. The van der Waals surface area contributed by atoms with Crippen molar-refractivity contribution in [1.29, 1.82) is 0 Å². The topological polar surface area (TPSA) is 48.1 Å². The number of aromatic nitrogens is 1. The molecule has 1 aromatic heterocycles. The molecule has 0 aromatic carbocycles. The number of hydrogen-bond donors (Lipinski definition) is 1. The first-order chi connectivity index (χ1) is 6.26.